The van der Waals surface area contributed by atoms with Gasteiger partial charge in [0.2, 0.25) is 15.9 Å². The van der Waals surface area contributed by atoms with Gasteiger partial charge in [0.1, 0.15) is 11.9 Å². The molecule has 2 aliphatic rings. The molecule has 0 spiro atoms. The van der Waals surface area contributed by atoms with Gasteiger partial charge in [-0.2, -0.15) is 4.31 Å². The third-order valence-corrected chi connectivity index (χ3v) is 5.56. The van der Waals surface area contributed by atoms with E-state index in [-0.39, 0.29) is 24.5 Å². The molecular formula is C12H19N5O3S. The van der Waals surface area contributed by atoms with Crippen molar-refractivity contribution in [2.45, 2.75) is 38.4 Å². The molecule has 0 radical (unpaired) electrons. The Morgan fingerprint density at radius 1 is 1.38 bits per heavy atom. The van der Waals surface area contributed by atoms with Crippen LogP contribution in [0.2, 0.25) is 0 Å². The van der Waals surface area contributed by atoms with Crippen LogP contribution in [0, 0.1) is 0 Å². The SMILES string of the molecule is C[C@H]1C(=O)N2CCC[C@H]2c2nnc(CN(C)S(C)(=O)=O)n21. The molecule has 0 N–H and O–H groups in total. The highest BCUT2D eigenvalue weighted by molar-refractivity contribution is 7.88. The van der Waals surface area contributed by atoms with Crippen LogP contribution in [-0.4, -0.2) is 58.1 Å². The Morgan fingerprint density at radius 3 is 2.76 bits per heavy atom. The Balaban J connectivity index is 1.99. The predicted octanol–water partition coefficient (Wildman–Crippen LogP) is -0.0924. The summed E-state index contributed by atoms with van der Waals surface area (Å²) in [7, 11) is -1.80. The standard InChI is InChI=1S/C12H19N5O3S/c1-8-12(18)16-6-4-5-9(16)11-14-13-10(17(8)11)7-15(2)21(3,19)20/h8-9H,4-7H2,1-3H3/t8-,9-/m0/s1. The molecule has 0 aromatic carbocycles. The molecule has 9 heteroatoms. The van der Waals surface area contributed by atoms with E-state index in [1.165, 1.54) is 11.4 Å². The zero-order valence-corrected chi connectivity index (χ0v) is 13.2. The summed E-state index contributed by atoms with van der Waals surface area (Å²) in [4.78, 5) is 14.3. The summed E-state index contributed by atoms with van der Waals surface area (Å²) in [5.41, 5.74) is 0. The summed E-state index contributed by atoms with van der Waals surface area (Å²) in [5, 5.41) is 8.34. The topological polar surface area (TPSA) is 88.4 Å². The van der Waals surface area contributed by atoms with E-state index in [0.717, 1.165) is 31.5 Å². The van der Waals surface area contributed by atoms with Gasteiger partial charge in [0.25, 0.3) is 0 Å². The van der Waals surface area contributed by atoms with Crippen LogP contribution in [0.5, 0.6) is 0 Å². The van der Waals surface area contributed by atoms with Crippen molar-refractivity contribution in [2.24, 2.45) is 0 Å². The van der Waals surface area contributed by atoms with Gasteiger partial charge in [-0.25, -0.2) is 8.42 Å². The first-order valence-corrected chi connectivity index (χ1v) is 8.81. The number of amides is 1. The Labute approximate surface area is 123 Å². The zero-order valence-electron chi connectivity index (χ0n) is 12.4. The Bertz CT molecular complexity index is 683. The van der Waals surface area contributed by atoms with Crippen molar-refractivity contribution in [1.29, 1.82) is 0 Å². The molecule has 1 aromatic heterocycles. The fourth-order valence-corrected chi connectivity index (χ4v) is 3.41. The number of carbonyl (C=O) groups excluding carboxylic acids is 1. The van der Waals surface area contributed by atoms with E-state index >= 15 is 0 Å². The maximum Gasteiger partial charge on any atom is 0.246 e. The van der Waals surface area contributed by atoms with Gasteiger partial charge in [-0.05, 0) is 19.8 Å². The molecule has 3 heterocycles. The molecule has 1 saturated heterocycles. The second kappa shape index (κ2) is 4.77. The number of hydrogen-bond acceptors (Lipinski definition) is 5. The average Bonchev–Trinajstić information content (AvgIpc) is 3.01. The number of rotatable bonds is 3. The van der Waals surface area contributed by atoms with Gasteiger partial charge in [-0.1, -0.05) is 0 Å². The van der Waals surface area contributed by atoms with Crippen molar-refractivity contribution in [1.82, 2.24) is 24.0 Å². The summed E-state index contributed by atoms with van der Waals surface area (Å²) < 4.78 is 26.1. The minimum atomic E-state index is -3.30. The molecule has 8 nitrogen and oxygen atoms in total. The van der Waals surface area contributed by atoms with Crippen molar-refractivity contribution < 1.29 is 13.2 Å². The van der Waals surface area contributed by atoms with Crippen molar-refractivity contribution in [2.75, 3.05) is 19.8 Å². The molecule has 0 saturated carbocycles. The molecule has 3 rings (SSSR count). The van der Waals surface area contributed by atoms with Gasteiger partial charge in [-0.3, -0.25) is 9.36 Å². The molecule has 21 heavy (non-hydrogen) atoms. The largest absolute Gasteiger partial charge is 0.331 e. The zero-order chi connectivity index (χ0) is 15.4. The van der Waals surface area contributed by atoms with Crippen LogP contribution in [0.3, 0.4) is 0 Å². The maximum absolute atomic E-state index is 12.4. The summed E-state index contributed by atoms with van der Waals surface area (Å²) in [6.07, 6.45) is 3.00. The highest BCUT2D eigenvalue weighted by Gasteiger charge is 2.42. The lowest BCUT2D eigenvalue weighted by Gasteiger charge is -2.34. The lowest BCUT2D eigenvalue weighted by atomic mass is 10.1. The first kappa shape index (κ1) is 14.5. The smallest absolute Gasteiger partial charge is 0.246 e. The van der Waals surface area contributed by atoms with Crippen LogP contribution in [0.25, 0.3) is 0 Å². The minimum Gasteiger partial charge on any atom is -0.331 e. The number of sulfonamides is 1. The van der Waals surface area contributed by atoms with Crippen molar-refractivity contribution >= 4 is 15.9 Å². The molecule has 0 unspecified atom stereocenters. The van der Waals surface area contributed by atoms with Crippen molar-refractivity contribution in [3.05, 3.63) is 11.6 Å². The Hall–Kier alpha value is -1.48. The van der Waals surface area contributed by atoms with Gasteiger partial charge in [0.05, 0.1) is 18.8 Å². The quantitative estimate of drug-likeness (QED) is 0.778. The lowest BCUT2D eigenvalue weighted by molar-refractivity contribution is -0.137. The molecule has 0 bridgehead atoms. The van der Waals surface area contributed by atoms with Crippen LogP contribution >= 0.6 is 0 Å². The number of fused-ring (bicyclic) bond motifs is 3. The number of nitrogens with zero attached hydrogens (tertiary/aromatic N) is 5. The van der Waals surface area contributed by atoms with Gasteiger partial charge in [0.15, 0.2) is 5.82 Å². The van der Waals surface area contributed by atoms with Gasteiger partial charge in [-0.15, -0.1) is 10.2 Å². The minimum absolute atomic E-state index is 0.0153. The molecule has 2 aliphatic heterocycles. The van der Waals surface area contributed by atoms with Crippen molar-refractivity contribution in [3.8, 4) is 0 Å². The van der Waals surface area contributed by atoms with Gasteiger partial charge >= 0.3 is 0 Å². The summed E-state index contributed by atoms with van der Waals surface area (Å²) in [6.45, 7) is 2.70. The normalized spacial score (nSPS) is 25.3. The molecule has 2 atom stereocenters. The highest BCUT2D eigenvalue weighted by Crippen LogP contribution is 2.38. The van der Waals surface area contributed by atoms with E-state index in [1.807, 2.05) is 11.8 Å². The summed E-state index contributed by atoms with van der Waals surface area (Å²) >= 11 is 0. The number of aromatic nitrogens is 3. The first-order chi connectivity index (χ1) is 9.80. The molecule has 0 aliphatic carbocycles. The second-order valence-electron chi connectivity index (χ2n) is 5.73. The number of hydrogen-bond donors (Lipinski definition) is 0. The fourth-order valence-electron chi connectivity index (χ4n) is 3.06. The van der Waals surface area contributed by atoms with E-state index in [2.05, 4.69) is 10.2 Å². The van der Waals surface area contributed by atoms with E-state index in [0.29, 0.717) is 5.82 Å². The van der Waals surface area contributed by atoms with Crippen LogP contribution in [0.15, 0.2) is 0 Å². The van der Waals surface area contributed by atoms with Crippen LogP contribution in [0.4, 0.5) is 0 Å². The number of carbonyl (C=O) groups is 1. The van der Waals surface area contributed by atoms with Crippen molar-refractivity contribution in [3.63, 3.8) is 0 Å². The fraction of sp³-hybridized carbons (Fsp3) is 0.750. The van der Waals surface area contributed by atoms with E-state index in [4.69, 9.17) is 0 Å². The molecule has 116 valence electrons. The van der Waals surface area contributed by atoms with Crippen LogP contribution in [0.1, 0.15) is 43.5 Å². The van der Waals surface area contributed by atoms with Crippen LogP contribution < -0.4 is 0 Å². The Morgan fingerprint density at radius 2 is 2.10 bits per heavy atom. The van der Waals surface area contributed by atoms with Gasteiger partial charge in [0, 0.05) is 13.6 Å². The third kappa shape index (κ3) is 2.24. The molecule has 1 fully saturated rings. The average molecular weight is 313 g/mol. The predicted molar refractivity (Wildman–Crippen MR) is 74.7 cm³/mol. The van der Waals surface area contributed by atoms with E-state index in [1.54, 1.807) is 4.57 Å². The second-order valence-corrected chi connectivity index (χ2v) is 7.82. The van der Waals surface area contributed by atoms with Gasteiger partial charge < -0.3 is 4.90 Å². The van der Waals surface area contributed by atoms with E-state index < -0.39 is 10.0 Å². The third-order valence-electron chi connectivity index (χ3n) is 4.30. The highest BCUT2D eigenvalue weighted by atomic mass is 32.2. The van der Waals surface area contributed by atoms with Crippen LogP contribution in [-0.2, 0) is 21.4 Å². The maximum atomic E-state index is 12.4. The monoisotopic (exact) mass is 313 g/mol. The lowest BCUT2D eigenvalue weighted by Crippen LogP contribution is -2.43. The summed E-state index contributed by atoms with van der Waals surface area (Å²) in [6, 6.07) is -0.397. The first-order valence-electron chi connectivity index (χ1n) is 6.96. The Kier molecular flexibility index (Phi) is 3.28. The van der Waals surface area contributed by atoms with E-state index in [9.17, 15) is 13.2 Å². The summed E-state index contributed by atoms with van der Waals surface area (Å²) in [5.74, 6) is 1.36. The molecule has 1 aromatic rings. The molecular weight excluding hydrogens is 294 g/mol. The molecule has 1 amide bonds.